The van der Waals surface area contributed by atoms with Crippen molar-refractivity contribution in [3.63, 3.8) is 0 Å². The maximum Gasteiger partial charge on any atom is 0.191 e. The highest BCUT2D eigenvalue weighted by molar-refractivity contribution is 5.78. The van der Waals surface area contributed by atoms with E-state index in [1.165, 1.54) is 18.4 Å². The summed E-state index contributed by atoms with van der Waals surface area (Å²) in [6.07, 6.45) is 2.43. The Morgan fingerprint density at radius 2 is 1.90 bits per heavy atom. The first-order valence-corrected chi connectivity index (χ1v) is 7.84. The Hall–Kier alpha value is -1.55. The summed E-state index contributed by atoms with van der Waals surface area (Å²) in [4.78, 5) is 9.07. The zero-order valence-corrected chi connectivity index (χ0v) is 13.5. The van der Waals surface area contributed by atoms with Crippen molar-refractivity contribution >= 4 is 5.96 Å². The topological polar surface area (TPSA) is 44.9 Å². The highest BCUT2D eigenvalue weighted by atomic mass is 15.3. The van der Waals surface area contributed by atoms with Crippen LogP contribution in [0.2, 0.25) is 0 Å². The second-order valence-electron chi connectivity index (χ2n) is 6.26. The standard InChI is InChI=1S/C17H28N4/c1-14-9-11-21(12-10-14)17(18)19-13-16(20(2)3)15-7-5-4-6-8-15/h4-8,14,16H,9-13H2,1-3H3,(H2,18,19). The minimum absolute atomic E-state index is 0.272. The van der Waals surface area contributed by atoms with Gasteiger partial charge in [0.15, 0.2) is 5.96 Å². The highest BCUT2D eigenvalue weighted by Crippen LogP contribution is 2.19. The van der Waals surface area contributed by atoms with Crippen molar-refractivity contribution in [2.75, 3.05) is 33.7 Å². The number of nitrogens with two attached hydrogens (primary N) is 1. The molecular weight excluding hydrogens is 260 g/mol. The van der Waals surface area contributed by atoms with Gasteiger partial charge in [0.05, 0.1) is 12.6 Å². The molecule has 0 spiro atoms. The number of nitrogens with zero attached hydrogens (tertiary/aromatic N) is 3. The number of likely N-dealkylation sites (tertiary alicyclic amines) is 1. The molecular formula is C17H28N4. The van der Waals surface area contributed by atoms with Crippen LogP contribution in [0.5, 0.6) is 0 Å². The van der Waals surface area contributed by atoms with Crippen LogP contribution >= 0.6 is 0 Å². The van der Waals surface area contributed by atoms with Gasteiger partial charge in [0.25, 0.3) is 0 Å². The Balaban J connectivity index is 1.99. The van der Waals surface area contributed by atoms with Gasteiger partial charge in [0, 0.05) is 13.1 Å². The lowest BCUT2D eigenvalue weighted by molar-refractivity contribution is 0.274. The number of likely N-dealkylation sites (N-methyl/N-ethyl adjacent to an activating group) is 1. The number of piperidine rings is 1. The van der Waals surface area contributed by atoms with E-state index in [9.17, 15) is 0 Å². The summed E-state index contributed by atoms with van der Waals surface area (Å²) in [5.41, 5.74) is 7.46. The Labute approximate surface area is 128 Å². The van der Waals surface area contributed by atoms with Crippen molar-refractivity contribution in [3.05, 3.63) is 35.9 Å². The van der Waals surface area contributed by atoms with E-state index in [2.05, 4.69) is 60.1 Å². The molecule has 1 aromatic rings. The molecule has 1 unspecified atom stereocenters. The molecule has 1 aliphatic rings. The lowest BCUT2D eigenvalue weighted by Gasteiger charge is -2.31. The second-order valence-corrected chi connectivity index (χ2v) is 6.26. The number of hydrogen-bond acceptors (Lipinski definition) is 2. The summed E-state index contributed by atoms with van der Waals surface area (Å²) < 4.78 is 0. The fourth-order valence-electron chi connectivity index (χ4n) is 2.76. The lowest BCUT2D eigenvalue weighted by Crippen LogP contribution is -2.43. The van der Waals surface area contributed by atoms with Crippen LogP contribution in [0.1, 0.15) is 31.4 Å². The predicted octanol–water partition coefficient (Wildman–Crippen LogP) is 2.34. The van der Waals surface area contributed by atoms with Crippen molar-refractivity contribution in [1.29, 1.82) is 0 Å². The average Bonchev–Trinajstić information content (AvgIpc) is 2.48. The van der Waals surface area contributed by atoms with E-state index in [1.807, 2.05) is 6.07 Å². The lowest BCUT2D eigenvalue weighted by atomic mass is 10.00. The fraction of sp³-hybridized carbons (Fsp3) is 0.588. The summed E-state index contributed by atoms with van der Waals surface area (Å²) in [5.74, 6) is 1.51. The minimum atomic E-state index is 0.272. The second kappa shape index (κ2) is 7.46. The van der Waals surface area contributed by atoms with E-state index in [-0.39, 0.29) is 6.04 Å². The molecule has 2 N–H and O–H groups in total. The summed E-state index contributed by atoms with van der Waals surface area (Å²) in [6.45, 7) is 5.08. The number of benzene rings is 1. The van der Waals surface area contributed by atoms with Gasteiger partial charge in [-0.2, -0.15) is 0 Å². The van der Waals surface area contributed by atoms with E-state index >= 15 is 0 Å². The Kier molecular flexibility index (Phi) is 5.62. The number of rotatable bonds is 4. The van der Waals surface area contributed by atoms with Crippen LogP contribution in [-0.2, 0) is 0 Å². The summed E-state index contributed by atoms with van der Waals surface area (Å²) in [7, 11) is 4.18. The minimum Gasteiger partial charge on any atom is -0.370 e. The first-order chi connectivity index (χ1) is 10.1. The Morgan fingerprint density at radius 3 is 2.48 bits per heavy atom. The first-order valence-electron chi connectivity index (χ1n) is 7.84. The maximum absolute atomic E-state index is 6.18. The molecule has 0 bridgehead atoms. The van der Waals surface area contributed by atoms with Crippen molar-refractivity contribution in [2.24, 2.45) is 16.6 Å². The molecule has 0 amide bonds. The van der Waals surface area contributed by atoms with Crippen LogP contribution in [-0.4, -0.2) is 49.5 Å². The van der Waals surface area contributed by atoms with Gasteiger partial charge in [-0.1, -0.05) is 37.3 Å². The molecule has 1 atom stereocenters. The molecule has 0 saturated carbocycles. The molecule has 4 nitrogen and oxygen atoms in total. The smallest absolute Gasteiger partial charge is 0.191 e. The zero-order chi connectivity index (χ0) is 15.2. The van der Waals surface area contributed by atoms with Crippen molar-refractivity contribution in [3.8, 4) is 0 Å². The summed E-state index contributed by atoms with van der Waals surface area (Å²) >= 11 is 0. The van der Waals surface area contributed by atoms with E-state index in [0.29, 0.717) is 12.5 Å². The Morgan fingerprint density at radius 1 is 1.29 bits per heavy atom. The fourth-order valence-corrected chi connectivity index (χ4v) is 2.76. The molecule has 0 aliphatic carbocycles. The molecule has 0 aromatic heterocycles. The quantitative estimate of drug-likeness (QED) is 0.683. The van der Waals surface area contributed by atoms with Crippen LogP contribution in [0.15, 0.2) is 35.3 Å². The third-order valence-electron chi connectivity index (χ3n) is 4.34. The van der Waals surface area contributed by atoms with Crippen molar-refractivity contribution in [2.45, 2.75) is 25.8 Å². The van der Waals surface area contributed by atoms with E-state index in [4.69, 9.17) is 5.73 Å². The maximum atomic E-state index is 6.18. The molecule has 116 valence electrons. The Bertz CT molecular complexity index is 447. The van der Waals surface area contributed by atoms with Gasteiger partial charge in [0.2, 0.25) is 0 Å². The van der Waals surface area contributed by atoms with Gasteiger partial charge in [-0.15, -0.1) is 0 Å². The molecule has 2 rings (SSSR count). The largest absolute Gasteiger partial charge is 0.370 e. The highest BCUT2D eigenvalue weighted by Gasteiger charge is 2.18. The van der Waals surface area contributed by atoms with Gasteiger partial charge < -0.3 is 15.5 Å². The molecule has 1 fully saturated rings. The number of aliphatic imine (C=N–C) groups is 1. The van der Waals surface area contributed by atoms with Crippen LogP contribution < -0.4 is 5.73 Å². The van der Waals surface area contributed by atoms with Crippen LogP contribution in [0.3, 0.4) is 0 Å². The SMILES string of the molecule is CC1CCN(C(N)=NCC(c2ccccc2)N(C)C)CC1. The molecule has 4 heteroatoms. The van der Waals surface area contributed by atoms with Crippen molar-refractivity contribution < 1.29 is 0 Å². The number of hydrogen-bond donors (Lipinski definition) is 1. The monoisotopic (exact) mass is 288 g/mol. The zero-order valence-electron chi connectivity index (χ0n) is 13.5. The van der Waals surface area contributed by atoms with Gasteiger partial charge in [-0.05, 0) is 38.4 Å². The van der Waals surface area contributed by atoms with Crippen LogP contribution in [0.25, 0.3) is 0 Å². The van der Waals surface area contributed by atoms with Crippen molar-refractivity contribution in [1.82, 2.24) is 9.80 Å². The normalized spacial score (nSPS) is 19.0. The first kappa shape index (κ1) is 15.8. The molecule has 1 heterocycles. The average molecular weight is 288 g/mol. The number of guanidine groups is 1. The molecule has 0 radical (unpaired) electrons. The van der Waals surface area contributed by atoms with Gasteiger partial charge in [-0.25, -0.2) is 0 Å². The van der Waals surface area contributed by atoms with Gasteiger partial charge >= 0.3 is 0 Å². The predicted molar refractivity (Wildman–Crippen MR) is 89.3 cm³/mol. The van der Waals surface area contributed by atoms with E-state index in [1.54, 1.807) is 0 Å². The van der Waals surface area contributed by atoms with E-state index in [0.717, 1.165) is 19.0 Å². The summed E-state index contributed by atoms with van der Waals surface area (Å²) in [5, 5.41) is 0. The molecule has 21 heavy (non-hydrogen) atoms. The van der Waals surface area contributed by atoms with Crippen LogP contribution in [0, 0.1) is 5.92 Å². The third kappa shape index (κ3) is 4.46. The summed E-state index contributed by atoms with van der Waals surface area (Å²) in [6, 6.07) is 10.8. The van der Waals surface area contributed by atoms with Gasteiger partial charge in [-0.3, -0.25) is 4.99 Å². The van der Waals surface area contributed by atoms with E-state index < -0.39 is 0 Å². The molecule has 1 saturated heterocycles. The van der Waals surface area contributed by atoms with Crippen LogP contribution in [0.4, 0.5) is 0 Å². The molecule has 1 aliphatic heterocycles. The molecule has 1 aromatic carbocycles. The third-order valence-corrected chi connectivity index (χ3v) is 4.34. The van der Waals surface area contributed by atoms with Gasteiger partial charge in [0.1, 0.15) is 0 Å².